The van der Waals surface area contributed by atoms with Crippen molar-refractivity contribution in [2.75, 3.05) is 6.54 Å². The molecule has 0 saturated heterocycles. The molecule has 20 heavy (non-hydrogen) atoms. The molecule has 0 aliphatic heterocycles. The van der Waals surface area contributed by atoms with Crippen molar-refractivity contribution in [3.05, 3.63) is 35.6 Å². The number of urea groups is 1. The number of carbonyl (C=O) groups is 1. The van der Waals surface area contributed by atoms with Crippen molar-refractivity contribution in [2.24, 2.45) is 0 Å². The van der Waals surface area contributed by atoms with E-state index in [2.05, 4.69) is 10.6 Å². The molecular weight excluding hydrogens is 259 g/mol. The number of hydrogen-bond donors (Lipinski definition) is 3. The smallest absolute Gasteiger partial charge is 0.315 e. The third-order valence-electron chi connectivity index (χ3n) is 3.63. The Morgan fingerprint density at radius 2 is 2.15 bits per heavy atom. The maximum Gasteiger partial charge on any atom is 0.315 e. The van der Waals surface area contributed by atoms with Gasteiger partial charge in [0.1, 0.15) is 5.82 Å². The van der Waals surface area contributed by atoms with Crippen molar-refractivity contribution in [3.63, 3.8) is 0 Å². The Labute approximate surface area is 118 Å². The number of aliphatic hydroxyl groups is 1. The highest BCUT2D eigenvalue weighted by atomic mass is 19.1. The Morgan fingerprint density at radius 1 is 1.35 bits per heavy atom. The van der Waals surface area contributed by atoms with Crippen LogP contribution in [-0.4, -0.2) is 29.8 Å². The quantitative estimate of drug-likeness (QED) is 0.789. The average molecular weight is 280 g/mol. The van der Waals surface area contributed by atoms with Gasteiger partial charge in [-0.25, -0.2) is 9.18 Å². The lowest BCUT2D eigenvalue weighted by Crippen LogP contribution is -2.49. The molecule has 1 aromatic carbocycles. The summed E-state index contributed by atoms with van der Waals surface area (Å²) in [5, 5.41) is 15.3. The maximum absolute atomic E-state index is 13.0. The van der Waals surface area contributed by atoms with E-state index in [0.29, 0.717) is 13.0 Å². The summed E-state index contributed by atoms with van der Waals surface area (Å²) >= 11 is 0. The Balaban J connectivity index is 1.70. The molecule has 2 rings (SSSR count). The van der Waals surface area contributed by atoms with Crippen molar-refractivity contribution in [1.82, 2.24) is 10.6 Å². The van der Waals surface area contributed by atoms with E-state index in [-0.39, 0.29) is 17.9 Å². The summed E-state index contributed by atoms with van der Waals surface area (Å²) < 4.78 is 13.0. The highest BCUT2D eigenvalue weighted by Gasteiger charge is 2.24. The highest BCUT2D eigenvalue weighted by Crippen LogP contribution is 2.18. The van der Waals surface area contributed by atoms with Crippen LogP contribution in [0.15, 0.2) is 24.3 Å². The van der Waals surface area contributed by atoms with Gasteiger partial charge in [0.05, 0.1) is 12.1 Å². The van der Waals surface area contributed by atoms with Crippen LogP contribution in [0.4, 0.5) is 9.18 Å². The van der Waals surface area contributed by atoms with Gasteiger partial charge < -0.3 is 15.7 Å². The number of hydrogen-bond acceptors (Lipinski definition) is 2. The molecule has 0 bridgehead atoms. The Bertz CT molecular complexity index is 453. The fourth-order valence-corrected chi connectivity index (χ4v) is 2.51. The predicted octanol–water partition coefficient (Wildman–Crippen LogP) is 1.97. The number of rotatable bonds is 4. The monoisotopic (exact) mass is 280 g/mol. The van der Waals surface area contributed by atoms with Crippen LogP contribution in [0.2, 0.25) is 0 Å². The van der Waals surface area contributed by atoms with Crippen LogP contribution in [-0.2, 0) is 6.42 Å². The van der Waals surface area contributed by atoms with Gasteiger partial charge in [0.25, 0.3) is 0 Å². The van der Waals surface area contributed by atoms with E-state index in [4.69, 9.17) is 0 Å². The minimum Gasteiger partial charge on any atom is -0.391 e. The van der Waals surface area contributed by atoms with Crippen LogP contribution in [0.5, 0.6) is 0 Å². The van der Waals surface area contributed by atoms with Crippen molar-refractivity contribution in [2.45, 2.75) is 44.2 Å². The molecule has 4 nitrogen and oxygen atoms in total. The fraction of sp³-hybridized carbons (Fsp3) is 0.533. The zero-order valence-electron chi connectivity index (χ0n) is 11.4. The van der Waals surface area contributed by atoms with Crippen LogP contribution < -0.4 is 10.6 Å². The first kappa shape index (κ1) is 14.8. The molecular formula is C15H21FN2O2. The summed E-state index contributed by atoms with van der Waals surface area (Å²) in [5.74, 6) is -0.266. The van der Waals surface area contributed by atoms with E-state index in [9.17, 15) is 14.3 Å². The maximum atomic E-state index is 13.0. The standard InChI is InChI=1S/C15H21FN2O2/c16-12-5-3-4-11(10-12)8-9-17-15(20)18-13-6-1-2-7-14(13)19/h3-5,10,13-14,19H,1-2,6-9H2,(H2,17,18,20). The number of carbonyl (C=O) groups excluding carboxylic acids is 1. The van der Waals surface area contributed by atoms with Crippen LogP contribution in [0, 0.1) is 5.82 Å². The van der Waals surface area contributed by atoms with Crippen LogP contribution in [0.25, 0.3) is 0 Å². The second-order valence-corrected chi connectivity index (χ2v) is 5.24. The van der Waals surface area contributed by atoms with E-state index >= 15 is 0 Å². The van der Waals surface area contributed by atoms with Gasteiger partial charge in [-0.15, -0.1) is 0 Å². The van der Waals surface area contributed by atoms with Crippen molar-refractivity contribution < 1.29 is 14.3 Å². The minimum absolute atomic E-state index is 0.155. The molecule has 2 amide bonds. The predicted molar refractivity (Wildman–Crippen MR) is 74.9 cm³/mol. The molecule has 1 saturated carbocycles. The summed E-state index contributed by atoms with van der Waals surface area (Å²) in [6, 6.07) is 5.92. The number of nitrogens with one attached hydrogen (secondary N) is 2. The third kappa shape index (κ3) is 4.49. The number of amides is 2. The molecule has 1 fully saturated rings. The van der Waals surface area contributed by atoms with E-state index in [0.717, 1.165) is 31.2 Å². The molecule has 2 unspecified atom stereocenters. The van der Waals surface area contributed by atoms with Gasteiger partial charge in [0.15, 0.2) is 0 Å². The van der Waals surface area contributed by atoms with E-state index < -0.39 is 6.10 Å². The van der Waals surface area contributed by atoms with Gasteiger partial charge in [0, 0.05) is 6.54 Å². The highest BCUT2D eigenvalue weighted by molar-refractivity contribution is 5.74. The van der Waals surface area contributed by atoms with Crippen molar-refractivity contribution in [1.29, 1.82) is 0 Å². The van der Waals surface area contributed by atoms with Gasteiger partial charge in [0.2, 0.25) is 0 Å². The summed E-state index contributed by atoms with van der Waals surface area (Å²) in [6.45, 7) is 0.443. The molecule has 0 heterocycles. The third-order valence-corrected chi connectivity index (χ3v) is 3.63. The topological polar surface area (TPSA) is 61.4 Å². The van der Waals surface area contributed by atoms with E-state index in [1.807, 2.05) is 6.07 Å². The molecule has 0 spiro atoms. The second kappa shape index (κ2) is 7.24. The van der Waals surface area contributed by atoms with Gasteiger partial charge in [-0.05, 0) is 37.0 Å². The number of aliphatic hydroxyl groups excluding tert-OH is 1. The number of benzene rings is 1. The lowest BCUT2D eigenvalue weighted by Gasteiger charge is -2.28. The van der Waals surface area contributed by atoms with Crippen LogP contribution in [0.3, 0.4) is 0 Å². The van der Waals surface area contributed by atoms with E-state index in [1.54, 1.807) is 6.07 Å². The number of halogens is 1. The molecule has 1 aliphatic rings. The Kier molecular flexibility index (Phi) is 5.35. The van der Waals surface area contributed by atoms with Gasteiger partial charge >= 0.3 is 6.03 Å². The molecule has 3 N–H and O–H groups in total. The van der Waals surface area contributed by atoms with Crippen LogP contribution in [0.1, 0.15) is 31.2 Å². The second-order valence-electron chi connectivity index (χ2n) is 5.24. The van der Waals surface area contributed by atoms with Gasteiger partial charge in [-0.2, -0.15) is 0 Å². The first-order chi connectivity index (χ1) is 9.65. The van der Waals surface area contributed by atoms with E-state index in [1.165, 1.54) is 12.1 Å². The summed E-state index contributed by atoms with van der Waals surface area (Å²) in [6.07, 6.45) is 3.74. The van der Waals surface area contributed by atoms with Gasteiger partial charge in [-0.1, -0.05) is 25.0 Å². The normalized spacial score (nSPS) is 22.3. The Hall–Kier alpha value is -1.62. The molecule has 5 heteroatoms. The Morgan fingerprint density at radius 3 is 2.90 bits per heavy atom. The molecule has 0 radical (unpaired) electrons. The van der Waals surface area contributed by atoms with Crippen molar-refractivity contribution >= 4 is 6.03 Å². The summed E-state index contributed by atoms with van der Waals surface area (Å²) in [4.78, 5) is 11.7. The zero-order chi connectivity index (χ0) is 14.4. The lowest BCUT2D eigenvalue weighted by atomic mass is 9.93. The zero-order valence-corrected chi connectivity index (χ0v) is 11.4. The van der Waals surface area contributed by atoms with Crippen LogP contribution >= 0.6 is 0 Å². The SMILES string of the molecule is O=C(NCCc1cccc(F)c1)NC1CCCCC1O. The lowest BCUT2D eigenvalue weighted by molar-refractivity contribution is 0.0943. The molecule has 1 aromatic rings. The van der Waals surface area contributed by atoms with Gasteiger partial charge in [-0.3, -0.25) is 0 Å². The molecule has 1 aliphatic carbocycles. The average Bonchev–Trinajstić information content (AvgIpc) is 2.41. The largest absolute Gasteiger partial charge is 0.391 e. The fourth-order valence-electron chi connectivity index (χ4n) is 2.51. The van der Waals surface area contributed by atoms with Crippen molar-refractivity contribution in [3.8, 4) is 0 Å². The summed E-state index contributed by atoms with van der Waals surface area (Å²) in [7, 11) is 0. The molecule has 2 atom stereocenters. The molecule has 0 aromatic heterocycles. The molecule has 110 valence electrons. The first-order valence-electron chi connectivity index (χ1n) is 7.12. The summed E-state index contributed by atoms with van der Waals surface area (Å²) in [5.41, 5.74) is 0.850. The first-order valence-corrected chi connectivity index (χ1v) is 7.12. The minimum atomic E-state index is -0.447.